The van der Waals surface area contributed by atoms with Crippen molar-refractivity contribution in [1.82, 2.24) is 9.78 Å². The number of hydrogen-bond donors (Lipinski definition) is 1. The molecule has 3 heteroatoms. The highest BCUT2D eigenvalue weighted by Crippen LogP contribution is 2.23. The van der Waals surface area contributed by atoms with Crippen LogP contribution in [0.25, 0.3) is 0 Å². The molecule has 0 saturated carbocycles. The molecule has 0 aliphatic rings. The van der Waals surface area contributed by atoms with Crippen LogP contribution < -0.4 is 0 Å². The van der Waals surface area contributed by atoms with E-state index in [1.54, 1.807) is 0 Å². The fourth-order valence-corrected chi connectivity index (χ4v) is 2.33. The van der Waals surface area contributed by atoms with Gasteiger partial charge >= 0.3 is 0 Å². The summed E-state index contributed by atoms with van der Waals surface area (Å²) in [6.07, 6.45) is 4.04. The molecule has 0 atom stereocenters. The van der Waals surface area contributed by atoms with Crippen molar-refractivity contribution < 1.29 is 5.11 Å². The SMILES string of the molecule is CCc1nn(C(CC)CC)c(CC)c1CO. The maximum Gasteiger partial charge on any atom is 0.0718 e. The normalized spacial score (nSPS) is 11.4. The molecular formula is C13H24N2O. The van der Waals surface area contributed by atoms with E-state index in [0.29, 0.717) is 6.04 Å². The second kappa shape index (κ2) is 6.04. The maximum absolute atomic E-state index is 9.45. The molecular weight excluding hydrogens is 200 g/mol. The molecule has 0 spiro atoms. The summed E-state index contributed by atoms with van der Waals surface area (Å²) in [5, 5.41) is 14.1. The highest BCUT2D eigenvalue weighted by molar-refractivity contribution is 5.26. The molecule has 1 heterocycles. The highest BCUT2D eigenvalue weighted by atomic mass is 16.3. The highest BCUT2D eigenvalue weighted by Gasteiger charge is 2.18. The largest absolute Gasteiger partial charge is 0.392 e. The first-order chi connectivity index (χ1) is 7.73. The standard InChI is InChI=1S/C13H24N2O/c1-5-10(6-2)15-13(8-4)11(9-16)12(7-3)14-15/h10,16H,5-9H2,1-4H3. The third-order valence-electron chi connectivity index (χ3n) is 3.32. The van der Waals surface area contributed by atoms with E-state index < -0.39 is 0 Å². The summed E-state index contributed by atoms with van der Waals surface area (Å²) >= 11 is 0. The molecule has 0 fully saturated rings. The summed E-state index contributed by atoms with van der Waals surface area (Å²) in [4.78, 5) is 0. The molecule has 0 unspecified atom stereocenters. The minimum Gasteiger partial charge on any atom is -0.392 e. The van der Waals surface area contributed by atoms with Gasteiger partial charge in [-0.2, -0.15) is 5.10 Å². The Morgan fingerprint density at radius 1 is 1.12 bits per heavy atom. The Morgan fingerprint density at radius 2 is 1.75 bits per heavy atom. The van der Waals surface area contributed by atoms with E-state index in [0.717, 1.165) is 36.9 Å². The van der Waals surface area contributed by atoms with E-state index in [-0.39, 0.29) is 6.61 Å². The number of rotatable bonds is 6. The van der Waals surface area contributed by atoms with Gasteiger partial charge in [-0.25, -0.2) is 0 Å². The van der Waals surface area contributed by atoms with Gasteiger partial charge in [-0.15, -0.1) is 0 Å². The Kier molecular flexibility index (Phi) is 5.00. The van der Waals surface area contributed by atoms with Gasteiger partial charge in [0.15, 0.2) is 0 Å². The van der Waals surface area contributed by atoms with Crippen LogP contribution in [0.3, 0.4) is 0 Å². The van der Waals surface area contributed by atoms with Gasteiger partial charge in [0.05, 0.1) is 18.3 Å². The Bertz CT molecular complexity index is 327. The molecule has 92 valence electrons. The lowest BCUT2D eigenvalue weighted by Crippen LogP contribution is -2.12. The molecule has 1 rings (SSSR count). The van der Waals surface area contributed by atoms with Crippen LogP contribution in [0.1, 0.15) is 63.5 Å². The minimum atomic E-state index is 0.118. The second-order valence-electron chi connectivity index (χ2n) is 4.15. The predicted molar refractivity (Wildman–Crippen MR) is 66.5 cm³/mol. The van der Waals surface area contributed by atoms with Crippen molar-refractivity contribution in [3.05, 3.63) is 17.0 Å². The zero-order chi connectivity index (χ0) is 12.1. The van der Waals surface area contributed by atoms with Gasteiger partial charge in [-0.3, -0.25) is 4.68 Å². The Morgan fingerprint density at radius 3 is 2.12 bits per heavy atom. The summed E-state index contributed by atoms with van der Waals surface area (Å²) < 4.78 is 2.14. The van der Waals surface area contributed by atoms with Crippen LogP contribution in [0.5, 0.6) is 0 Å². The van der Waals surface area contributed by atoms with Crippen molar-refractivity contribution in [2.45, 2.75) is 66.0 Å². The lowest BCUT2D eigenvalue weighted by atomic mass is 10.1. The summed E-state index contributed by atoms with van der Waals surface area (Å²) in [7, 11) is 0. The van der Waals surface area contributed by atoms with Crippen molar-refractivity contribution in [2.24, 2.45) is 0 Å². The fourth-order valence-electron chi connectivity index (χ4n) is 2.33. The molecule has 0 bridgehead atoms. The summed E-state index contributed by atoms with van der Waals surface area (Å²) in [6.45, 7) is 8.73. The van der Waals surface area contributed by atoms with Gasteiger partial charge in [0.25, 0.3) is 0 Å². The number of aliphatic hydroxyl groups is 1. The van der Waals surface area contributed by atoms with E-state index in [9.17, 15) is 5.11 Å². The van der Waals surface area contributed by atoms with E-state index >= 15 is 0 Å². The van der Waals surface area contributed by atoms with Crippen LogP contribution >= 0.6 is 0 Å². The van der Waals surface area contributed by atoms with E-state index in [1.807, 2.05) is 0 Å². The molecule has 0 aromatic carbocycles. The molecule has 16 heavy (non-hydrogen) atoms. The van der Waals surface area contributed by atoms with E-state index in [4.69, 9.17) is 0 Å². The van der Waals surface area contributed by atoms with Crippen molar-refractivity contribution in [3.8, 4) is 0 Å². The minimum absolute atomic E-state index is 0.118. The number of nitrogens with zero attached hydrogens (tertiary/aromatic N) is 2. The van der Waals surface area contributed by atoms with Crippen LogP contribution in [0.15, 0.2) is 0 Å². The van der Waals surface area contributed by atoms with Gasteiger partial charge in [0, 0.05) is 11.3 Å². The van der Waals surface area contributed by atoms with E-state index in [2.05, 4.69) is 37.5 Å². The van der Waals surface area contributed by atoms with Gasteiger partial charge in [-0.05, 0) is 25.7 Å². The molecule has 0 saturated heterocycles. The van der Waals surface area contributed by atoms with Crippen LogP contribution in [-0.2, 0) is 19.4 Å². The van der Waals surface area contributed by atoms with Gasteiger partial charge < -0.3 is 5.11 Å². The Labute approximate surface area is 98.5 Å². The van der Waals surface area contributed by atoms with Gasteiger partial charge in [0.1, 0.15) is 0 Å². The van der Waals surface area contributed by atoms with Crippen LogP contribution in [-0.4, -0.2) is 14.9 Å². The monoisotopic (exact) mass is 224 g/mol. The Hall–Kier alpha value is -0.830. The number of hydrogen-bond acceptors (Lipinski definition) is 2. The average molecular weight is 224 g/mol. The summed E-state index contributed by atoms with van der Waals surface area (Å²) in [6, 6.07) is 0.473. The fraction of sp³-hybridized carbons (Fsp3) is 0.769. The zero-order valence-electron chi connectivity index (χ0n) is 11.0. The molecule has 0 radical (unpaired) electrons. The summed E-state index contributed by atoms with van der Waals surface area (Å²) in [5.74, 6) is 0. The van der Waals surface area contributed by atoms with Gasteiger partial charge in [0.2, 0.25) is 0 Å². The first-order valence-corrected chi connectivity index (χ1v) is 6.43. The third-order valence-corrected chi connectivity index (χ3v) is 3.32. The number of aliphatic hydroxyl groups excluding tert-OH is 1. The summed E-state index contributed by atoms with van der Waals surface area (Å²) in [5.41, 5.74) is 3.33. The molecule has 0 amide bonds. The Balaban J connectivity index is 3.22. The lowest BCUT2D eigenvalue weighted by Gasteiger charge is -2.16. The number of aromatic nitrogens is 2. The molecule has 0 aliphatic heterocycles. The first kappa shape index (κ1) is 13.2. The van der Waals surface area contributed by atoms with Crippen LogP contribution in [0.2, 0.25) is 0 Å². The van der Waals surface area contributed by atoms with Crippen molar-refractivity contribution >= 4 is 0 Å². The second-order valence-corrected chi connectivity index (χ2v) is 4.15. The quantitative estimate of drug-likeness (QED) is 0.807. The van der Waals surface area contributed by atoms with E-state index in [1.165, 1.54) is 5.69 Å². The van der Waals surface area contributed by atoms with Crippen molar-refractivity contribution in [3.63, 3.8) is 0 Å². The lowest BCUT2D eigenvalue weighted by molar-refractivity contribution is 0.279. The predicted octanol–water partition coefficient (Wildman–Crippen LogP) is 2.86. The first-order valence-electron chi connectivity index (χ1n) is 6.43. The smallest absolute Gasteiger partial charge is 0.0718 e. The topological polar surface area (TPSA) is 38.0 Å². The molecule has 0 aliphatic carbocycles. The van der Waals surface area contributed by atoms with Crippen molar-refractivity contribution in [2.75, 3.05) is 0 Å². The van der Waals surface area contributed by atoms with Crippen molar-refractivity contribution in [1.29, 1.82) is 0 Å². The molecule has 1 aromatic rings. The molecule has 1 N–H and O–H groups in total. The number of aryl methyl sites for hydroxylation is 1. The molecule has 1 aromatic heterocycles. The van der Waals surface area contributed by atoms with Gasteiger partial charge in [-0.1, -0.05) is 27.7 Å². The van der Waals surface area contributed by atoms with Crippen LogP contribution in [0.4, 0.5) is 0 Å². The third kappa shape index (κ3) is 2.29. The zero-order valence-corrected chi connectivity index (χ0v) is 11.0. The molecule has 3 nitrogen and oxygen atoms in total. The van der Waals surface area contributed by atoms with Crippen LogP contribution in [0, 0.1) is 0 Å². The average Bonchev–Trinajstić information content (AvgIpc) is 2.68. The maximum atomic E-state index is 9.45.